The van der Waals surface area contributed by atoms with Crippen LogP contribution in [-0.2, 0) is 54.6 Å². The molecular weight excluding hydrogens is 806 g/mol. The Bertz CT molecular complexity index is 2560. The second-order valence-corrected chi connectivity index (χ2v) is 18.3. The highest BCUT2D eigenvalue weighted by Crippen LogP contribution is 2.43. The molecule has 1 aliphatic rings. The van der Waals surface area contributed by atoms with Crippen molar-refractivity contribution in [2.24, 2.45) is 7.05 Å². The molecule has 6 aromatic rings. The van der Waals surface area contributed by atoms with Gasteiger partial charge in [0.1, 0.15) is 17.7 Å². The van der Waals surface area contributed by atoms with Crippen molar-refractivity contribution in [1.29, 1.82) is 0 Å². The second kappa shape index (κ2) is 17.5. The molecule has 302 valence electrons. The zero-order chi connectivity index (χ0) is 40.4. The molecule has 4 heterocycles. The summed E-state index contributed by atoms with van der Waals surface area (Å²) in [6.45, 7) is 4.89. The highest BCUT2D eigenvalue weighted by Gasteiger charge is 2.28. The summed E-state index contributed by atoms with van der Waals surface area (Å²) in [5.41, 5.74) is 7.32. The van der Waals surface area contributed by atoms with Gasteiger partial charge in [0, 0.05) is 80.5 Å². The molecule has 12 nitrogen and oxygen atoms in total. The molecule has 0 spiro atoms. The van der Waals surface area contributed by atoms with Crippen LogP contribution in [0.4, 0.5) is 0 Å². The number of thioether (sulfide) groups is 2. The number of aryl methyl sites for hydroxylation is 3. The molecule has 1 N–H and O–H groups in total. The predicted octanol–water partition coefficient (Wildman–Crippen LogP) is 8.95. The average Bonchev–Trinajstić information content (AvgIpc) is 3.82. The normalized spacial score (nSPS) is 14.9. The van der Waals surface area contributed by atoms with E-state index in [2.05, 4.69) is 12.1 Å². The van der Waals surface area contributed by atoms with E-state index in [1.54, 1.807) is 23.5 Å². The SMILES string of the molecule is COC(=O)c1c(C)c2c(-c3c(CSCc4cc(CSc5cc(O)c6ccccc6c5)nn4C4CCCCO4)nn(C)c3C)c(Cl)ccc2n1CCCOS(C)(=O)=O. The van der Waals surface area contributed by atoms with E-state index < -0.39 is 16.1 Å². The first-order chi connectivity index (χ1) is 27.3. The zero-order valence-electron chi connectivity index (χ0n) is 32.6. The lowest BCUT2D eigenvalue weighted by atomic mass is 9.97. The third-order valence-electron chi connectivity index (χ3n) is 10.3. The summed E-state index contributed by atoms with van der Waals surface area (Å²) in [7, 11) is -0.350. The minimum absolute atomic E-state index is 0.0250. The number of fused-ring (bicyclic) bond motifs is 2. The van der Waals surface area contributed by atoms with Crippen LogP contribution in [0.3, 0.4) is 0 Å². The minimum atomic E-state index is -3.61. The number of hydrogen-bond acceptors (Lipinski definition) is 11. The number of esters is 1. The van der Waals surface area contributed by atoms with Crippen LogP contribution in [0.1, 0.15) is 70.7 Å². The van der Waals surface area contributed by atoms with E-state index in [0.717, 1.165) is 86.0 Å². The lowest BCUT2D eigenvalue weighted by Crippen LogP contribution is -2.21. The van der Waals surface area contributed by atoms with E-state index in [-0.39, 0.29) is 18.6 Å². The second-order valence-electron chi connectivity index (χ2n) is 14.2. The Morgan fingerprint density at radius 2 is 1.86 bits per heavy atom. The molecular formula is C41H46ClN5O7S3. The molecule has 1 unspecified atom stereocenters. The summed E-state index contributed by atoms with van der Waals surface area (Å²) in [5.74, 6) is 1.65. The molecule has 3 aromatic carbocycles. The summed E-state index contributed by atoms with van der Waals surface area (Å²) in [6.07, 6.45) is 4.25. The Labute approximate surface area is 345 Å². The summed E-state index contributed by atoms with van der Waals surface area (Å²) in [6, 6.07) is 17.6. The number of aromatic nitrogens is 5. The lowest BCUT2D eigenvalue weighted by Gasteiger charge is -2.24. The number of hydrogen-bond donors (Lipinski definition) is 1. The molecule has 16 heteroatoms. The van der Waals surface area contributed by atoms with Crippen molar-refractivity contribution in [2.45, 2.75) is 74.5 Å². The molecule has 7 rings (SSSR count). The van der Waals surface area contributed by atoms with Crippen LogP contribution in [0.5, 0.6) is 5.75 Å². The summed E-state index contributed by atoms with van der Waals surface area (Å²) >= 11 is 10.4. The molecule has 1 fully saturated rings. The maximum Gasteiger partial charge on any atom is 0.354 e. The number of carbonyl (C=O) groups excluding carboxylic acids is 1. The topological polar surface area (TPSA) is 140 Å². The van der Waals surface area contributed by atoms with Crippen molar-refractivity contribution in [3.8, 4) is 16.9 Å². The number of aromatic hydroxyl groups is 1. The van der Waals surface area contributed by atoms with E-state index >= 15 is 0 Å². The Morgan fingerprint density at radius 3 is 2.61 bits per heavy atom. The molecule has 1 aliphatic heterocycles. The summed E-state index contributed by atoms with van der Waals surface area (Å²) < 4.78 is 45.4. The van der Waals surface area contributed by atoms with Crippen molar-refractivity contribution < 1.29 is 32.0 Å². The van der Waals surface area contributed by atoms with Crippen molar-refractivity contribution in [3.63, 3.8) is 0 Å². The molecule has 0 amide bonds. The Balaban J connectivity index is 1.17. The first-order valence-electron chi connectivity index (χ1n) is 18.7. The number of halogens is 1. The monoisotopic (exact) mass is 851 g/mol. The largest absolute Gasteiger partial charge is 0.507 e. The predicted molar refractivity (Wildman–Crippen MR) is 227 cm³/mol. The van der Waals surface area contributed by atoms with Gasteiger partial charge >= 0.3 is 5.97 Å². The van der Waals surface area contributed by atoms with Crippen molar-refractivity contribution in [1.82, 2.24) is 24.1 Å². The molecule has 3 aromatic heterocycles. The first kappa shape index (κ1) is 41.2. The van der Waals surface area contributed by atoms with Crippen molar-refractivity contribution >= 4 is 72.9 Å². The maximum absolute atomic E-state index is 13.2. The zero-order valence-corrected chi connectivity index (χ0v) is 35.8. The third-order valence-corrected chi connectivity index (χ3v) is 13.2. The average molecular weight is 853 g/mol. The van der Waals surface area contributed by atoms with E-state index in [4.69, 9.17) is 35.5 Å². The lowest BCUT2D eigenvalue weighted by molar-refractivity contribution is -0.0409. The Morgan fingerprint density at radius 1 is 1.05 bits per heavy atom. The summed E-state index contributed by atoms with van der Waals surface area (Å²) in [4.78, 5) is 14.2. The van der Waals surface area contributed by atoms with Gasteiger partial charge in [-0.3, -0.25) is 8.86 Å². The number of benzene rings is 3. The van der Waals surface area contributed by atoms with Gasteiger partial charge in [0.2, 0.25) is 0 Å². The van der Waals surface area contributed by atoms with E-state index in [1.807, 2.05) is 77.3 Å². The number of nitrogens with zero attached hydrogens (tertiary/aromatic N) is 5. The quantitative estimate of drug-likeness (QED) is 0.0459. The summed E-state index contributed by atoms with van der Waals surface area (Å²) in [5, 5.41) is 23.8. The first-order valence-corrected chi connectivity index (χ1v) is 23.1. The van der Waals surface area contributed by atoms with E-state index in [9.17, 15) is 18.3 Å². The molecule has 0 saturated carbocycles. The number of carbonyl (C=O) groups is 1. The van der Waals surface area contributed by atoms with Gasteiger partial charge in [0.25, 0.3) is 10.1 Å². The van der Waals surface area contributed by atoms with Crippen LogP contribution in [0, 0.1) is 13.8 Å². The maximum atomic E-state index is 13.2. The van der Waals surface area contributed by atoms with Crippen LogP contribution in [0.2, 0.25) is 5.02 Å². The van der Waals surface area contributed by atoms with Gasteiger partial charge in [0.15, 0.2) is 0 Å². The molecule has 1 atom stereocenters. The smallest absolute Gasteiger partial charge is 0.354 e. The number of methoxy groups -OCH3 is 1. The van der Waals surface area contributed by atoms with Crippen LogP contribution in [0.25, 0.3) is 32.8 Å². The van der Waals surface area contributed by atoms with Gasteiger partial charge in [-0.2, -0.15) is 18.6 Å². The van der Waals surface area contributed by atoms with Crippen LogP contribution < -0.4 is 0 Å². The van der Waals surface area contributed by atoms with E-state index in [0.29, 0.717) is 53.1 Å². The molecule has 0 bridgehead atoms. The molecule has 0 radical (unpaired) electrons. The number of phenols is 1. The minimum Gasteiger partial charge on any atom is -0.507 e. The van der Waals surface area contributed by atoms with E-state index in [1.165, 1.54) is 7.11 Å². The van der Waals surface area contributed by atoms with Crippen molar-refractivity contribution in [3.05, 3.63) is 93.7 Å². The third kappa shape index (κ3) is 8.88. The van der Waals surface area contributed by atoms with Crippen LogP contribution >= 0.6 is 35.1 Å². The molecule has 1 saturated heterocycles. The fraction of sp³-hybridized carbons (Fsp3) is 0.390. The fourth-order valence-electron chi connectivity index (χ4n) is 7.58. The Hall–Kier alpha value is -3.99. The highest BCUT2D eigenvalue weighted by molar-refractivity contribution is 7.98. The van der Waals surface area contributed by atoms with Gasteiger partial charge < -0.3 is 19.1 Å². The highest BCUT2D eigenvalue weighted by atomic mass is 35.5. The van der Waals surface area contributed by atoms with Crippen molar-refractivity contribution in [2.75, 3.05) is 26.6 Å². The number of rotatable bonds is 15. The molecule has 0 aliphatic carbocycles. The fourth-order valence-corrected chi connectivity index (χ4v) is 10.0. The van der Waals surface area contributed by atoms with Crippen LogP contribution in [0.15, 0.2) is 59.5 Å². The van der Waals surface area contributed by atoms with Gasteiger partial charge in [-0.15, -0.1) is 23.5 Å². The Kier molecular flexibility index (Phi) is 12.6. The van der Waals surface area contributed by atoms with Gasteiger partial charge in [-0.25, -0.2) is 9.48 Å². The number of ether oxygens (including phenoxy) is 2. The van der Waals surface area contributed by atoms with Gasteiger partial charge in [-0.1, -0.05) is 35.9 Å². The number of phenolic OH excluding ortho intramolecular Hbond substituents is 1. The van der Waals surface area contributed by atoms with Gasteiger partial charge in [0.05, 0.1) is 37.1 Å². The van der Waals surface area contributed by atoms with Gasteiger partial charge in [-0.05, 0) is 80.8 Å². The standard InChI is InChI=1S/C41H46ClN5O7S3/c1-25-37-34(46(40(25)41(49)52-4)16-10-18-54-57(5,50)51)15-14-32(42)39(37)38-26(2)45(3)44-33(38)24-55-23-29-20-28(43-47(29)36-13-8-9-17-53-36)22-56-30-19-27-11-6-7-12-31(27)35(48)21-30/h6-7,11-12,14-15,19-21,36,48H,8-10,13,16-18,22-24H2,1-5H3. The molecule has 57 heavy (non-hydrogen) atoms. The van der Waals surface area contributed by atoms with Crippen LogP contribution in [-0.4, -0.2) is 70.2 Å².